The van der Waals surface area contributed by atoms with E-state index in [0.717, 1.165) is 5.57 Å². The number of phenols is 1. The molecule has 0 radical (unpaired) electrons. The predicted molar refractivity (Wildman–Crippen MR) is 71.8 cm³/mol. The molecule has 0 saturated carbocycles. The average molecular weight is 304 g/mol. The van der Waals surface area contributed by atoms with Crippen LogP contribution in [0.5, 0.6) is 5.75 Å². The maximum atomic E-state index is 12.1. The van der Waals surface area contributed by atoms with E-state index >= 15 is 0 Å². The number of para-hydroxylation sites is 1. The van der Waals surface area contributed by atoms with Gasteiger partial charge in [-0.05, 0) is 18.6 Å². The number of nitrogens with one attached hydrogen (secondary N) is 1. The summed E-state index contributed by atoms with van der Waals surface area (Å²) in [7, 11) is -3.78. The van der Waals surface area contributed by atoms with Crippen LogP contribution in [0, 0.1) is 0 Å². The van der Waals surface area contributed by atoms with Crippen molar-refractivity contribution in [3.05, 3.63) is 34.9 Å². The third kappa shape index (κ3) is 3.48. The van der Waals surface area contributed by atoms with Gasteiger partial charge in [0.05, 0.1) is 18.2 Å². The second kappa shape index (κ2) is 5.92. The van der Waals surface area contributed by atoms with Crippen LogP contribution >= 0.6 is 11.6 Å². The molecule has 0 fully saturated rings. The number of halogens is 1. The second-order valence-corrected chi connectivity index (χ2v) is 6.24. The fraction of sp³-hybridized carbons (Fsp3) is 0.333. The fourth-order valence-corrected chi connectivity index (χ4v) is 3.09. The van der Waals surface area contributed by atoms with Gasteiger partial charge in [-0.2, -0.15) is 0 Å². The van der Waals surface area contributed by atoms with Crippen LogP contribution in [0.2, 0.25) is 5.02 Å². The van der Waals surface area contributed by atoms with E-state index in [4.69, 9.17) is 16.3 Å². The molecule has 5 nitrogen and oxygen atoms in total. The van der Waals surface area contributed by atoms with Crippen LogP contribution in [0.1, 0.15) is 6.42 Å². The molecule has 0 aromatic heterocycles. The Kier molecular flexibility index (Phi) is 4.46. The van der Waals surface area contributed by atoms with Crippen molar-refractivity contribution in [1.29, 1.82) is 0 Å². The zero-order valence-electron chi connectivity index (χ0n) is 10.1. The van der Waals surface area contributed by atoms with E-state index < -0.39 is 15.8 Å². The van der Waals surface area contributed by atoms with Gasteiger partial charge in [-0.3, -0.25) is 0 Å². The van der Waals surface area contributed by atoms with Gasteiger partial charge in [0.2, 0.25) is 10.0 Å². The van der Waals surface area contributed by atoms with Crippen LogP contribution in [0.3, 0.4) is 0 Å². The first-order valence-electron chi connectivity index (χ1n) is 5.73. The Morgan fingerprint density at radius 2 is 2.21 bits per heavy atom. The van der Waals surface area contributed by atoms with E-state index in [0.29, 0.717) is 19.6 Å². The molecule has 104 valence electrons. The highest BCUT2D eigenvalue weighted by atomic mass is 35.5. The van der Waals surface area contributed by atoms with Crippen molar-refractivity contribution in [2.24, 2.45) is 0 Å². The number of ether oxygens (including phenoxy) is 1. The van der Waals surface area contributed by atoms with E-state index in [-0.39, 0.29) is 16.5 Å². The summed E-state index contributed by atoms with van der Waals surface area (Å²) < 4.78 is 31.7. The van der Waals surface area contributed by atoms with Gasteiger partial charge in [0.25, 0.3) is 0 Å². The molecular formula is C12H14ClNO4S. The smallest absolute Gasteiger partial charge is 0.244 e. The molecule has 0 unspecified atom stereocenters. The van der Waals surface area contributed by atoms with Crippen molar-refractivity contribution < 1.29 is 18.3 Å². The summed E-state index contributed by atoms with van der Waals surface area (Å²) in [6.45, 7) is 1.30. The number of aromatic hydroxyl groups is 1. The molecule has 0 amide bonds. The molecule has 0 atom stereocenters. The highest BCUT2D eigenvalue weighted by molar-refractivity contribution is 7.89. The van der Waals surface area contributed by atoms with Gasteiger partial charge in [0.1, 0.15) is 4.90 Å². The maximum Gasteiger partial charge on any atom is 0.244 e. The number of benzene rings is 1. The summed E-state index contributed by atoms with van der Waals surface area (Å²) in [6.07, 6.45) is 2.55. The molecule has 1 aromatic rings. The number of phenolic OH excluding ortho intramolecular Hbond substituents is 1. The highest BCUT2D eigenvalue weighted by Gasteiger charge is 2.20. The van der Waals surface area contributed by atoms with Crippen molar-refractivity contribution in [3.63, 3.8) is 0 Å². The minimum atomic E-state index is -3.78. The lowest BCUT2D eigenvalue weighted by Crippen LogP contribution is -2.27. The van der Waals surface area contributed by atoms with Crippen molar-refractivity contribution in [2.75, 3.05) is 19.8 Å². The van der Waals surface area contributed by atoms with Crippen LogP contribution in [-0.2, 0) is 14.8 Å². The van der Waals surface area contributed by atoms with Crippen molar-refractivity contribution in [1.82, 2.24) is 4.72 Å². The molecule has 1 aliphatic rings. The topological polar surface area (TPSA) is 75.6 Å². The molecule has 7 heteroatoms. The minimum absolute atomic E-state index is 0.00755. The van der Waals surface area contributed by atoms with Gasteiger partial charge in [-0.25, -0.2) is 13.1 Å². The lowest BCUT2D eigenvalue weighted by Gasteiger charge is -2.14. The molecule has 19 heavy (non-hydrogen) atoms. The molecule has 1 heterocycles. The average Bonchev–Trinajstić information content (AvgIpc) is 2.41. The van der Waals surface area contributed by atoms with Crippen molar-refractivity contribution >= 4 is 21.6 Å². The predicted octanol–water partition coefficient (Wildman–Crippen LogP) is 1.67. The van der Waals surface area contributed by atoms with Crippen LogP contribution in [0.15, 0.2) is 34.7 Å². The van der Waals surface area contributed by atoms with E-state index in [9.17, 15) is 13.5 Å². The van der Waals surface area contributed by atoms with Gasteiger partial charge >= 0.3 is 0 Å². The van der Waals surface area contributed by atoms with Gasteiger partial charge in [0, 0.05) is 6.54 Å². The van der Waals surface area contributed by atoms with Gasteiger partial charge < -0.3 is 9.84 Å². The Labute approximate surface area is 116 Å². The van der Waals surface area contributed by atoms with E-state index in [1.807, 2.05) is 6.08 Å². The van der Waals surface area contributed by atoms with Gasteiger partial charge in [-0.1, -0.05) is 29.3 Å². The zero-order chi connectivity index (χ0) is 13.9. The molecule has 0 aliphatic carbocycles. The van der Waals surface area contributed by atoms with E-state index in [1.165, 1.54) is 18.2 Å². The Hall–Kier alpha value is -1.08. The molecule has 2 rings (SSSR count). The third-order valence-corrected chi connectivity index (χ3v) is 4.52. The molecule has 2 N–H and O–H groups in total. The van der Waals surface area contributed by atoms with Crippen LogP contribution < -0.4 is 4.72 Å². The molecule has 0 bridgehead atoms. The lowest BCUT2D eigenvalue weighted by atomic mass is 10.1. The first-order valence-corrected chi connectivity index (χ1v) is 7.59. The summed E-state index contributed by atoms with van der Waals surface area (Å²) in [4.78, 5) is -0.215. The monoisotopic (exact) mass is 303 g/mol. The van der Waals surface area contributed by atoms with Gasteiger partial charge in [-0.15, -0.1) is 0 Å². The van der Waals surface area contributed by atoms with E-state index in [1.54, 1.807) is 0 Å². The quantitative estimate of drug-likeness (QED) is 0.830. The largest absolute Gasteiger partial charge is 0.505 e. The first kappa shape index (κ1) is 14.3. The highest BCUT2D eigenvalue weighted by Crippen LogP contribution is 2.30. The Morgan fingerprint density at radius 1 is 1.42 bits per heavy atom. The summed E-state index contributed by atoms with van der Waals surface area (Å²) in [5.74, 6) is -0.433. The Balaban J connectivity index is 2.14. The third-order valence-electron chi connectivity index (χ3n) is 2.79. The second-order valence-electron chi connectivity index (χ2n) is 4.10. The molecule has 0 saturated heterocycles. The Morgan fingerprint density at radius 3 is 2.89 bits per heavy atom. The number of rotatable bonds is 4. The summed E-state index contributed by atoms with van der Waals surface area (Å²) in [5.41, 5.74) is 0.969. The maximum absolute atomic E-state index is 12.1. The summed E-state index contributed by atoms with van der Waals surface area (Å²) in [5, 5.41) is 9.69. The lowest BCUT2D eigenvalue weighted by molar-refractivity contribution is 0.154. The fourth-order valence-electron chi connectivity index (χ4n) is 1.70. The molecule has 0 spiro atoms. The molecule has 1 aromatic carbocycles. The number of hydrogen-bond acceptors (Lipinski definition) is 4. The van der Waals surface area contributed by atoms with Crippen LogP contribution in [-0.4, -0.2) is 33.3 Å². The first-order chi connectivity index (χ1) is 9.00. The minimum Gasteiger partial charge on any atom is -0.505 e. The van der Waals surface area contributed by atoms with Crippen molar-refractivity contribution in [2.45, 2.75) is 11.3 Å². The van der Waals surface area contributed by atoms with Crippen LogP contribution in [0.25, 0.3) is 0 Å². The number of hydrogen-bond donors (Lipinski definition) is 2. The molecule has 1 aliphatic heterocycles. The standard InChI is InChI=1S/C12H14ClNO4S/c13-10-2-1-3-11(12(10)15)19(16,17)14-8-9-4-6-18-7-5-9/h1-4,14-15H,5-8H2. The number of sulfonamides is 1. The van der Waals surface area contributed by atoms with Crippen molar-refractivity contribution in [3.8, 4) is 5.75 Å². The van der Waals surface area contributed by atoms with E-state index in [2.05, 4.69) is 4.72 Å². The summed E-state index contributed by atoms with van der Waals surface area (Å²) >= 11 is 5.70. The normalized spacial score (nSPS) is 16.2. The van der Waals surface area contributed by atoms with Gasteiger partial charge in [0.15, 0.2) is 5.75 Å². The van der Waals surface area contributed by atoms with Crippen LogP contribution in [0.4, 0.5) is 0 Å². The zero-order valence-corrected chi connectivity index (χ0v) is 11.7. The Bertz CT molecular complexity index is 598. The SMILES string of the molecule is O=S(=O)(NCC1=CCOCC1)c1cccc(Cl)c1O. The summed E-state index contributed by atoms with van der Waals surface area (Å²) in [6, 6.07) is 4.21. The molecular weight excluding hydrogens is 290 g/mol.